The quantitative estimate of drug-likeness (QED) is 0.847. The summed E-state index contributed by atoms with van der Waals surface area (Å²) >= 11 is 0. The van der Waals surface area contributed by atoms with Gasteiger partial charge in [-0.1, -0.05) is 17.6 Å². The Morgan fingerprint density at radius 1 is 1.24 bits per heavy atom. The zero-order valence-electron chi connectivity index (χ0n) is 12.7. The van der Waals surface area contributed by atoms with Gasteiger partial charge in [0.25, 0.3) is 0 Å². The van der Waals surface area contributed by atoms with Gasteiger partial charge in [-0.05, 0) is 18.9 Å². The third-order valence-corrected chi connectivity index (χ3v) is 4.00. The first-order chi connectivity index (χ1) is 11.8. The molecule has 0 aliphatic heterocycles. The standard InChI is InChI=1S/C15H12F5N3O2/c16-10-8(6-21-13(24)7-2-1-3-7)4-5-9(11(10)17)12-22-14(25-23-12)15(18,19)20/h4-5,7H,1-3,6H2,(H,21,24). The van der Waals surface area contributed by atoms with E-state index in [1.807, 2.05) is 0 Å². The molecule has 1 aromatic carbocycles. The Kier molecular flexibility index (Phi) is 4.44. The van der Waals surface area contributed by atoms with Crippen LogP contribution < -0.4 is 5.32 Å². The summed E-state index contributed by atoms with van der Waals surface area (Å²) in [6, 6.07) is 2.19. The van der Waals surface area contributed by atoms with Crippen LogP contribution in [-0.4, -0.2) is 16.0 Å². The van der Waals surface area contributed by atoms with Gasteiger partial charge in [-0.25, -0.2) is 8.78 Å². The molecular weight excluding hydrogens is 349 g/mol. The lowest BCUT2D eigenvalue weighted by Gasteiger charge is -2.24. The lowest BCUT2D eigenvalue weighted by Crippen LogP contribution is -2.34. The van der Waals surface area contributed by atoms with Gasteiger partial charge in [-0.2, -0.15) is 18.2 Å². The smallest absolute Gasteiger partial charge is 0.352 e. The molecule has 0 saturated heterocycles. The largest absolute Gasteiger partial charge is 0.471 e. The minimum atomic E-state index is -4.88. The van der Waals surface area contributed by atoms with E-state index in [4.69, 9.17) is 0 Å². The van der Waals surface area contributed by atoms with Crippen molar-refractivity contribution in [2.24, 2.45) is 5.92 Å². The summed E-state index contributed by atoms with van der Waals surface area (Å²) < 4.78 is 69.5. The van der Waals surface area contributed by atoms with E-state index < -0.39 is 35.1 Å². The first-order valence-electron chi connectivity index (χ1n) is 7.43. The van der Waals surface area contributed by atoms with Gasteiger partial charge in [0.15, 0.2) is 11.6 Å². The van der Waals surface area contributed by atoms with E-state index >= 15 is 0 Å². The van der Waals surface area contributed by atoms with Gasteiger partial charge >= 0.3 is 12.1 Å². The van der Waals surface area contributed by atoms with Crippen molar-refractivity contribution in [1.29, 1.82) is 0 Å². The van der Waals surface area contributed by atoms with Crippen molar-refractivity contribution in [3.05, 3.63) is 35.2 Å². The van der Waals surface area contributed by atoms with Crippen LogP contribution in [0.25, 0.3) is 11.4 Å². The van der Waals surface area contributed by atoms with Crippen LogP contribution >= 0.6 is 0 Å². The molecule has 2 aromatic rings. The van der Waals surface area contributed by atoms with E-state index in [1.54, 1.807) is 0 Å². The van der Waals surface area contributed by atoms with Crippen LogP contribution in [0, 0.1) is 17.6 Å². The van der Waals surface area contributed by atoms with Gasteiger partial charge in [0.2, 0.25) is 11.7 Å². The van der Waals surface area contributed by atoms with Crippen LogP contribution in [0.5, 0.6) is 0 Å². The second kappa shape index (κ2) is 6.41. The molecule has 1 amide bonds. The Labute approximate surface area is 138 Å². The van der Waals surface area contributed by atoms with Crippen LogP contribution in [0.2, 0.25) is 0 Å². The number of aromatic nitrogens is 2. The number of halogens is 5. The summed E-state index contributed by atoms with van der Waals surface area (Å²) in [4.78, 5) is 14.7. The van der Waals surface area contributed by atoms with Gasteiger partial charge < -0.3 is 9.84 Å². The molecule has 1 aliphatic rings. The van der Waals surface area contributed by atoms with Crippen molar-refractivity contribution in [1.82, 2.24) is 15.5 Å². The highest BCUT2D eigenvalue weighted by molar-refractivity contribution is 5.79. The van der Waals surface area contributed by atoms with Crippen LogP contribution in [0.15, 0.2) is 16.7 Å². The Morgan fingerprint density at radius 3 is 2.52 bits per heavy atom. The fraction of sp³-hybridized carbons (Fsp3) is 0.400. The normalized spacial score (nSPS) is 15.1. The number of carbonyl (C=O) groups excluding carboxylic acids is 1. The van der Waals surface area contributed by atoms with E-state index in [0.29, 0.717) is 0 Å². The Balaban J connectivity index is 1.78. The van der Waals surface area contributed by atoms with E-state index in [1.165, 1.54) is 0 Å². The zero-order chi connectivity index (χ0) is 18.2. The fourth-order valence-corrected chi connectivity index (χ4v) is 2.34. The molecule has 3 rings (SSSR count). The van der Waals surface area contributed by atoms with Gasteiger partial charge in [0, 0.05) is 18.0 Å². The molecule has 1 aliphatic carbocycles. The summed E-state index contributed by atoms with van der Waals surface area (Å²) in [5.41, 5.74) is -0.695. The maximum Gasteiger partial charge on any atom is 0.471 e. The van der Waals surface area contributed by atoms with Crippen molar-refractivity contribution in [2.45, 2.75) is 32.0 Å². The molecule has 0 spiro atoms. The first kappa shape index (κ1) is 17.3. The topological polar surface area (TPSA) is 68.0 Å². The molecule has 1 heterocycles. The molecule has 1 aromatic heterocycles. The number of alkyl halides is 3. The van der Waals surface area contributed by atoms with E-state index in [2.05, 4.69) is 20.0 Å². The van der Waals surface area contributed by atoms with Gasteiger partial charge in [-0.15, -0.1) is 0 Å². The summed E-state index contributed by atoms with van der Waals surface area (Å²) in [7, 11) is 0. The number of rotatable bonds is 4. The van der Waals surface area contributed by atoms with E-state index in [-0.39, 0.29) is 23.9 Å². The van der Waals surface area contributed by atoms with Crippen molar-refractivity contribution in [3.63, 3.8) is 0 Å². The average molecular weight is 361 g/mol. The Hall–Kier alpha value is -2.52. The lowest BCUT2D eigenvalue weighted by molar-refractivity contribution is -0.159. The predicted octanol–water partition coefficient (Wildman–Crippen LogP) is 3.45. The second-order valence-electron chi connectivity index (χ2n) is 5.67. The summed E-state index contributed by atoms with van der Waals surface area (Å²) in [5.74, 6) is -5.40. The number of hydrogen-bond acceptors (Lipinski definition) is 4. The monoisotopic (exact) mass is 361 g/mol. The van der Waals surface area contributed by atoms with Crippen LogP contribution in [0.4, 0.5) is 22.0 Å². The van der Waals surface area contributed by atoms with Crippen molar-refractivity contribution < 1.29 is 31.3 Å². The molecule has 1 saturated carbocycles. The van der Waals surface area contributed by atoms with E-state index in [0.717, 1.165) is 31.4 Å². The number of benzene rings is 1. The van der Waals surface area contributed by atoms with Crippen molar-refractivity contribution in [3.8, 4) is 11.4 Å². The first-order valence-corrected chi connectivity index (χ1v) is 7.43. The highest BCUT2D eigenvalue weighted by Crippen LogP contribution is 2.31. The summed E-state index contributed by atoms with van der Waals surface area (Å²) in [6.07, 6.45) is -2.39. The van der Waals surface area contributed by atoms with Crippen molar-refractivity contribution >= 4 is 5.91 Å². The molecule has 1 fully saturated rings. The Morgan fingerprint density at radius 2 is 1.96 bits per heavy atom. The molecule has 1 N–H and O–H groups in total. The molecule has 5 nitrogen and oxygen atoms in total. The molecule has 0 bridgehead atoms. The van der Waals surface area contributed by atoms with Crippen LogP contribution in [0.3, 0.4) is 0 Å². The third-order valence-electron chi connectivity index (χ3n) is 4.00. The number of amides is 1. The average Bonchev–Trinajstić information content (AvgIpc) is 2.96. The number of hydrogen-bond donors (Lipinski definition) is 1. The maximum absolute atomic E-state index is 14.1. The zero-order valence-corrected chi connectivity index (χ0v) is 12.7. The summed E-state index contributed by atoms with van der Waals surface area (Å²) in [6.45, 7) is -0.224. The van der Waals surface area contributed by atoms with E-state index in [9.17, 15) is 26.7 Å². The predicted molar refractivity (Wildman–Crippen MR) is 73.8 cm³/mol. The fourth-order valence-electron chi connectivity index (χ4n) is 2.34. The number of nitrogens with zero attached hydrogens (tertiary/aromatic N) is 2. The molecule has 0 radical (unpaired) electrons. The SMILES string of the molecule is O=C(NCc1ccc(-c2noc(C(F)(F)F)n2)c(F)c1F)C1CCC1. The van der Waals surface area contributed by atoms with Gasteiger partial charge in [-0.3, -0.25) is 4.79 Å². The minimum Gasteiger partial charge on any atom is -0.352 e. The molecule has 10 heteroatoms. The van der Waals surface area contributed by atoms with Gasteiger partial charge in [0.1, 0.15) is 0 Å². The summed E-state index contributed by atoms with van der Waals surface area (Å²) in [5, 5.41) is 5.53. The highest BCUT2D eigenvalue weighted by Gasteiger charge is 2.39. The minimum absolute atomic E-state index is 0.104. The molecule has 0 atom stereocenters. The molecule has 134 valence electrons. The third kappa shape index (κ3) is 3.47. The van der Waals surface area contributed by atoms with Crippen LogP contribution in [-0.2, 0) is 17.5 Å². The molecule has 0 unspecified atom stereocenters. The van der Waals surface area contributed by atoms with Gasteiger partial charge in [0.05, 0.1) is 5.56 Å². The maximum atomic E-state index is 14.1. The lowest BCUT2D eigenvalue weighted by atomic mass is 9.85. The molecular formula is C15H12F5N3O2. The second-order valence-corrected chi connectivity index (χ2v) is 5.67. The van der Waals surface area contributed by atoms with Crippen LogP contribution in [0.1, 0.15) is 30.7 Å². The number of nitrogens with one attached hydrogen (secondary N) is 1. The number of carbonyl (C=O) groups is 1. The Bertz CT molecular complexity index is 799. The van der Waals surface area contributed by atoms with Crippen molar-refractivity contribution in [2.75, 3.05) is 0 Å². The highest BCUT2D eigenvalue weighted by atomic mass is 19.4. The molecule has 25 heavy (non-hydrogen) atoms.